The fourth-order valence-electron chi connectivity index (χ4n) is 8.31. The van der Waals surface area contributed by atoms with Gasteiger partial charge in [-0.2, -0.15) is 18.2 Å². The van der Waals surface area contributed by atoms with Gasteiger partial charge in [-0.15, -0.1) is 0 Å². The number of alkyl halides is 3. The highest BCUT2D eigenvalue weighted by Gasteiger charge is 2.68. The molecule has 1 aromatic heterocycles. The second-order valence-electron chi connectivity index (χ2n) is 13.3. The molecule has 3 fully saturated rings. The topological polar surface area (TPSA) is 111 Å². The molecule has 1 N–H and O–H groups in total. The first kappa shape index (κ1) is 34.0. The molecule has 6 atom stereocenters. The zero-order chi connectivity index (χ0) is 36.2. The van der Waals surface area contributed by atoms with Crippen molar-refractivity contribution in [1.82, 2.24) is 9.99 Å². The molecule has 7 rings (SSSR count). The lowest BCUT2D eigenvalue weighted by molar-refractivity contribution is -0.141. The Hall–Kier alpha value is -4.49. The van der Waals surface area contributed by atoms with Gasteiger partial charge in [0.05, 0.1) is 38.9 Å². The Kier molecular flexibility index (Phi) is 7.83. The molecule has 4 aliphatic rings. The molecule has 2 aliphatic carbocycles. The number of phenols is 1. The number of hydrazine groups is 1. The second-order valence-corrected chi connectivity index (χ2v) is 14.1. The zero-order valence-electron chi connectivity index (χ0n) is 26.6. The van der Waals surface area contributed by atoms with Crippen LogP contribution in [0.2, 0.25) is 10.0 Å². The third-order valence-electron chi connectivity index (χ3n) is 10.7. The summed E-state index contributed by atoms with van der Waals surface area (Å²) in [6, 6.07) is 10.0. The van der Waals surface area contributed by atoms with E-state index in [1.165, 1.54) is 25.2 Å². The molecular formula is C35H28Cl2F4N4O5. The van der Waals surface area contributed by atoms with E-state index in [0.29, 0.717) is 22.8 Å². The quantitative estimate of drug-likeness (QED) is 0.178. The molecule has 2 saturated heterocycles. The Morgan fingerprint density at radius 3 is 2.34 bits per heavy atom. The standard InChI is InChI=1S/C35H28Cl2F4N4O5/c1-15-12-16(4-10-25(15)46)28-18-6-7-19-27(32(49)45(30(19)47)43(3)29-22(36)8-11-26(42-29)35(39,40)41)20(18)14-21-31(48)44(33(50)34(21,28)2)17-5-9-24(38)23(37)13-17/h4-6,8-13,19-21,27-28,46H,7,14H2,1-3H3. The second kappa shape index (κ2) is 11.5. The highest BCUT2D eigenvalue weighted by atomic mass is 35.5. The Labute approximate surface area is 293 Å². The molecule has 3 heterocycles. The third-order valence-corrected chi connectivity index (χ3v) is 11.3. The maximum Gasteiger partial charge on any atom is 0.433 e. The lowest BCUT2D eigenvalue weighted by Gasteiger charge is -2.49. The van der Waals surface area contributed by atoms with E-state index >= 15 is 0 Å². The Balaban J connectivity index is 1.33. The number of fused-ring (bicyclic) bond motifs is 4. The first-order valence-corrected chi connectivity index (χ1v) is 16.4. The van der Waals surface area contributed by atoms with Crippen molar-refractivity contribution in [1.29, 1.82) is 0 Å². The van der Waals surface area contributed by atoms with E-state index in [1.54, 1.807) is 32.1 Å². The van der Waals surface area contributed by atoms with Gasteiger partial charge in [-0.05, 0) is 80.1 Å². The number of hydrogen-bond donors (Lipinski definition) is 1. The average Bonchev–Trinajstić information content (AvgIpc) is 3.42. The van der Waals surface area contributed by atoms with Crippen LogP contribution < -0.4 is 9.91 Å². The number of aryl methyl sites for hydroxylation is 1. The summed E-state index contributed by atoms with van der Waals surface area (Å²) in [6.07, 6.45) is -2.95. The van der Waals surface area contributed by atoms with Crippen LogP contribution in [0.25, 0.3) is 0 Å². The highest BCUT2D eigenvalue weighted by Crippen LogP contribution is 2.64. The summed E-state index contributed by atoms with van der Waals surface area (Å²) in [5.41, 5.74) is -0.858. The molecule has 1 saturated carbocycles. The molecular weight excluding hydrogens is 703 g/mol. The van der Waals surface area contributed by atoms with Crippen LogP contribution in [0, 0.1) is 41.8 Å². The largest absolute Gasteiger partial charge is 0.508 e. The number of hydrogen-bond acceptors (Lipinski definition) is 7. The van der Waals surface area contributed by atoms with Crippen molar-refractivity contribution in [3.8, 4) is 5.75 Å². The molecule has 3 aromatic rings. The van der Waals surface area contributed by atoms with Crippen molar-refractivity contribution >= 4 is 58.3 Å². The van der Waals surface area contributed by atoms with E-state index in [2.05, 4.69) is 4.98 Å². The van der Waals surface area contributed by atoms with Crippen LogP contribution >= 0.6 is 23.2 Å². The van der Waals surface area contributed by atoms with Crippen LogP contribution in [0.4, 0.5) is 29.1 Å². The van der Waals surface area contributed by atoms with E-state index in [0.717, 1.165) is 27.1 Å². The lowest BCUT2D eigenvalue weighted by atomic mass is 9.51. The van der Waals surface area contributed by atoms with Gasteiger partial charge in [0, 0.05) is 13.0 Å². The number of rotatable bonds is 4. The Morgan fingerprint density at radius 2 is 1.68 bits per heavy atom. The molecule has 0 bridgehead atoms. The summed E-state index contributed by atoms with van der Waals surface area (Å²) in [4.78, 5) is 61.6. The molecule has 50 heavy (non-hydrogen) atoms. The molecule has 15 heteroatoms. The van der Waals surface area contributed by atoms with E-state index in [9.17, 15) is 41.8 Å². The van der Waals surface area contributed by atoms with Crippen molar-refractivity contribution in [2.45, 2.75) is 38.8 Å². The number of anilines is 2. The van der Waals surface area contributed by atoms with Crippen LogP contribution in [0.3, 0.4) is 0 Å². The lowest BCUT2D eigenvalue weighted by Crippen LogP contribution is -2.49. The summed E-state index contributed by atoms with van der Waals surface area (Å²) in [7, 11) is 1.22. The van der Waals surface area contributed by atoms with Gasteiger partial charge in [-0.1, -0.05) is 47.0 Å². The minimum Gasteiger partial charge on any atom is -0.508 e. The first-order chi connectivity index (χ1) is 23.5. The average molecular weight is 732 g/mol. The van der Waals surface area contributed by atoms with Crippen LogP contribution in [0.15, 0.2) is 60.2 Å². The maximum atomic E-state index is 14.5. The number of phenolic OH excluding ortho intramolecular Hbond substituents is 1. The van der Waals surface area contributed by atoms with Gasteiger partial charge < -0.3 is 5.11 Å². The fourth-order valence-corrected chi connectivity index (χ4v) is 8.72. The van der Waals surface area contributed by atoms with Crippen LogP contribution in [-0.4, -0.2) is 45.8 Å². The number of aromatic hydroxyl groups is 1. The molecule has 6 unspecified atom stereocenters. The van der Waals surface area contributed by atoms with Crippen molar-refractivity contribution < 1.29 is 41.8 Å². The maximum absolute atomic E-state index is 14.5. The monoisotopic (exact) mass is 730 g/mol. The van der Waals surface area contributed by atoms with E-state index in [-0.39, 0.29) is 34.3 Å². The van der Waals surface area contributed by atoms with Crippen LogP contribution in [-0.2, 0) is 25.4 Å². The summed E-state index contributed by atoms with van der Waals surface area (Å²) >= 11 is 12.3. The Bertz CT molecular complexity index is 2060. The van der Waals surface area contributed by atoms with Gasteiger partial charge >= 0.3 is 6.18 Å². The minimum atomic E-state index is -4.82. The number of benzene rings is 2. The van der Waals surface area contributed by atoms with Gasteiger partial charge in [-0.3, -0.25) is 24.2 Å². The number of imide groups is 2. The molecule has 260 valence electrons. The highest BCUT2D eigenvalue weighted by molar-refractivity contribution is 6.33. The SMILES string of the molecule is Cc1cc(C2C3=CCC4C(=O)N(N(C)c5nc(C(F)(F)F)ccc5Cl)C(=O)C4C3CC3C(=O)N(c4ccc(F)c(Cl)c4)C(=O)C32C)ccc1O. The van der Waals surface area contributed by atoms with Gasteiger partial charge in [0.25, 0.3) is 11.8 Å². The predicted molar refractivity (Wildman–Crippen MR) is 173 cm³/mol. The molecule has 2 aliphatic heterocycles. The van der Waals surface area contributed by atoms with Crippen molar-refractivity contribution in [3.63, 3.8) is 0 Å². The van der Waals surface area contributed by atoms with Crippen molar-refractivity contribution in [2.24, 2.45) is 29.1 Å². The van der Waals surface area contributed by atoms with E-state index in [1.807, 2.05) is 0 Å². The number of allylic oxidation sites excluding steroid dienone is 2. The van der Waals surface area contributed by atoms with Gasteiger partial charge in [0.2, 0.25) is 11.8 Å². The summed E-state index contributed by atoms with van der Waals surface area (Å²) in [5, 5.41) is 11.5. The van der Waals surface area contributed by atoms with Gasteiger partial charge in [0.15, 0.2) is 5.82 Å². The summed E-state index contributed by atoms with van der Waals surface area (Å²) in [6.45, 7) is 3.35. The summed E-state index contributed by atoms with van der Waals surface area (Å²) in [5.74, 6) is -8.20. The van der Waals surface area contributed by atoms with Crippen molar-refractivity contribution in [3.05, 3.63) is 92.9 Å². The molecule has 0 radical (unpaired) electrons. The van der Waals surface area contributed by atoms with Crippen LogP contribution in [0.1, 0.15) is 42.5 Å². The third kappa shape index (κ3) is 4.84. The Morgan fingerprint density at radius 1 is 0.960 bits per heavy atom. The number of nitrogens with zero attached hydrogens (tertiary/aromatic N) is 4. The molecule has 4 amide bonds. The van der Waals surface area contributed by atoms with E-state index in [4.69, 9.17) is 23.2 Å². The van der Waals surface area contributed by atoms with E-state index < -0.39 is 82.1 Å². The number of pyridine rings is 1. The number of carbonyl (C=O) groups excluding carboxylic acids is 4. The first-order valence-electron chi connectivity index (χ1n) is 15.6. The van der Waals surface area contributed by atoms with Crippen LogP contribution in [0.5, 0.6) is 5.75 Å². The normalized spacial score (nSPS) is 27.7. The summed E-state index contributed by atoms with van der Waals surface area (Å²) < 4.78 is 54.7. The minimum absolute atomic E-state index is 0.00773. The van der Waals surface area contributed by atoms with Gasteiger partial charge in [-0.25, -0.2) is 14.3 Å². The number of amides is 4. The predicted octanol–water partition coefficient (Wildman–Crippen LogP) is 6.84. The number of halogens is 6. The fraction of sp³-hybridized carbons (Fsp3) is 0.343. The van der Waals surface area contributed by atoms with Crippen molar-refractivity contribution in [2.75, 3.05) is 17.0 Å². The zero-order valence-corrected chi connectivity index (χ0v) is 28.1. The number of aromatic nitrogens is 1. The molecule has 9 nitrogen and oxygen atoms in total. The smallest absolute Gasteiger partial charge is 0.433 e. The van der Waals surface area contributed by atoms with Gasteiger partial charge in [0.1, 0.15) is 17.3 Å². The molecule has 2 aromatic carbocycles. The molecule has 0 spiro atoms. The number of carbonyl (C=O) groups is 4.